The summed E-state index contributed by atoms with van der Waals surface area (Å²) in [5, 5.41) is 2.45. The number of hydroxylamine groups is 2. The molecule has 0 radical (unpaired) electrons. The number of esters is 2. The zero-order valence-electron chi connectivity index (χ0n) is 20.9. The molecule has 0 N–H and O–H groups in total. The van der Waals surface area contributed by atoms with Gasteiger partial charge in [0.2, 0.25) is 0 Å². The Balaban J connectivity index is 2.06. The molecule has 1 aromatic rings. The number of hydrogen-bond donors (Lipinski definition) is 0. The van der Waals surface area contributed by atoms with Crippen LogP contribution in [0.4, 0.5) is 4.79 Å². The fraction of sp³-hybridized carbons (Fsp3) is 0.560. The Morgan fingerprint density at radius 1 is 0.971 bits per heavy atom. The maximum absolute atomic E-state index is 13.1. The zero-order chi connectivity index (χ0) is 25.3. The lowest BCUT2D eigenvalue weighted by atomic mass is 9.93. The van der Waals surface area contributed by atoms with Crippen molar-refractivity contribution in [3.8, 4) is 0 Å². The van der Waals surface area contributed by atoms with Crippen LogP contribution in [0.15, 0.2) is 42.5 Å². The minimum absolute atomic E-state index is 0.383. The average molecular weight is 490 g/mol. The highest BCUT2D eigenvalue weighted by Gasteiger charge is 2.54. The van der Waals surface area contributed by atoms with Crippen LogP contribution in [-0.2, 0) is 28.6 Å². The second-order valence-corrected chi connectivity index (χ2v) is 15.3. The van der Waals surface area contributed by atoms with Gasteiger partial charge in [-0.2, -0.15) is 5.06 Å². The quantitative estimate of drug-likeness (QED) is 0.270. The Kier molecular flexibility index (Phi) is 7.57. The molecular formula is C25H35NO7Si. The summed E-state index contributed by atoms with van der Waals surface area (Å²) in [4.78, 5) is 43.3. The summed E-state index contributed by atoms with van der Waals surface area (Å²) >= 11 is 0. The predicted molar refractivity (Wildman–Crippen MR) is 129 cm³/mol. The number of ether oxygens (including phenoxy) is 3. The molecule has 2 aliphatic heterocycles. The average Bonchev–Trinajstić information content (AvgIpc) is 2.91. The van der Waals surface area contributed by atoms with E-state index in [1.165, 1.54) is 24.1 Å². The van der Waals surface area contributed by atoms with Crippen molar-refractivity contribution in [3.05, 3.63) is 42.5 Å². The van der Waals surface area contributed by atoms with Gasteiger partial charge in [-0.1, -0.05) is 60.8 Å². The summed E-state index contributed by atoms with van der Waals surface area (Å²) in [5.74, 6) is -1.39. The van der Waals surface area contributed by atoms with Crippen LogP contribution < -0.4 is 5.19 Å². The topological polar surface area (TPSA) is 91.4 Å². The molecule has 2 heterocycles. The highest BCUT2D eigenvalue weighted by molar-refractivity contribution is 6.89. The van der Waals surface area contributed by atoms with E-state index in [0.717, 1.165) is 0 Å². The van der Waals surface area contributed by atoms with Crippen molar-refractivity contribution in [2.75, 3.05) is 0 Å². The van der Waals surface area contributed by atoms with Crippen LogP contribution >= 0.6 is 0 Å². The maximum Gasteiger partial charge on any atom is 0.435 e. The molecule has 1 aliphatic carbocycles. The van der Waals surface area contributed by atoms with E-state index in [-0.39, 0.29) is 5.92 Å². The highest BCUT2D eigenvalue weighted by Crippen LogP contribution is 2.39. The minimum Gasteiger partial charge on any atom is -0.458 e. The first-order valence-corrected chi connectivity index (χ1v) is 14.8. The van der Waals surface area contributed by atoms with Crippen LogP contribution in [0.25, 0.3) is 0 Å². The summed E-state index contributed by atoms with van der Waals surface area (Å²) in [6.45, 7) is 12.4. The third-order valence-electron chi connectivity index (χ3n) is 5.99. The van der Waals surface area contributed by atoms with Gasteiger partial charge in [-0.05, 0) is 26.8 Å². The normalized spacial score (nSPS) is 26.6. The van der Waals surface area contributed by atoms with Gasteiger partial charge in [0.05, 0.1) is 14.1 Å². The highest BCUT2D eigenvalue weighted by atomic mass is 28.3. The molecule has 1 aromatic carbocycles. The first-order chi connectivity index (χ1) is 15.8. The third kappa shape index (κ3) is 6.07. The van der Waals surface area contributed by atoms with Gasteiger partial charge >= 0.3 is 18.0 Å². The number of benzene rings is 1. The number of hydrogen-bond acceptors (Lipinski definition) is 7. The molecule has 186 valence electrons. The number of fused-ring (bicyclic) bond motifs is 3. The second-order valence-electron chi connectivity index (χ2n) is 10.5. The van der Waals surface area contributed by atoms with Crippen molar-refractivity contribution in [1.29, 1.82) is 0 Å². The van der Waals surface area contributed by atoms with Gasteiger partial charge in [-0.25, -0.2) is 4.79 Å². The molecule has 2 bridgehead atoms. The number of nitrogens with zero attached hydrogens (tertiary/aromatic N) is 1. The minimum atomic E-state index is -2.10. The van der Waals surface area contributed by atoms with E-state index in [2.05, 4.69) is 25.2 Å². The maximum atomic E-state index is 13.1. The van der Waals surface area contributed by atoms with Crippen molar-refractivity contribution in [2.24, 2.45) is 5.92 Å². The molecule has 3 aliphatic rings. The molecule has 4 rings (SSSR count). The molecule has 0 saturated carbocycles. The Bertz CT molecular complexity index is 940. The number of carbonyl (C=O) groups excluding carboxylic acids is 3. The fourth-order valence-corrected chi connectivity index (χ4v) is 7.61. The first kappa shape index (κ1) is 26.0. The molecule has 8 nitrogen and oxygen atoms in total. The Labute approximate surface area is 202 Å². The Morgan fingerprint density at radius 2 is 1.56 bits per heavy atom. The predicted octanol–water partition coefficient (Wildman–Crippen LogP) is 3.57. The lowest BCUT2D eigenvalue weighted by molar-refractivity contribution is -0.210. The van der Waals surface area contributed by atoms with E-state index in [0.29, 0.717) is 6.04 Å². The standard InChI is InChI=1S/C25H35NO7Si/c1-16(27)30-22-19(15-34(6,7)18-11-9-8-10-12-18)20-13-14-21(23(22)31-17(2)28)33-26(20)24(29)32-25(3,4)5/h8-14,19-23H,15H2,1-7H3/t19-,20-,21+,22+,23-/m1/s1. The van der Waals surface area contributed by atoms with Gasteiger partial charge in [0, 0.05) is 19.8 Å². The Morgan fingerprint density at radius 3 is 2.12 bits per heavy atom. The van der Waals surface area contributed by atoms with Gasteiger partial charge in [0.1, 0.15) is 17.8 Å². The SMILES string of the molecule is CC(=O)O[C@H]1[C@H](C[Si](C)(C)c2ccccc2)[C@H]2C=C[C@H](ON2C(=O)OC(C)(C)C)[C@H]1OC(C)=O. The summed E-state index contributed by atoms with van der Waals surface area (Å²) in [5.41, 5.74) is -0.728. The van der Waals surface area contributed by atoms with Gasteiger partial charge in [0.25, 0.3) is 0 Å². The monoisotopic (exact) mass is 489 g/mol. The van der Waals surface area contributed by atoms with Crippen molar-refractivity contribution in [3.63, 3.8) is 0 Å². The van der Waals surface area contributed by atoms with Crippen LogP contribution in [0.1, 0.15) is 34.6 Å². The van der Waals surface area contributed by atoms with Crippen molar-refractivity contribution < 1.29 is 33.4 Å². The van der Waals surface area contributed by atoms with E-state index in [1.54, 1.807) is 26.8 Å². The van der Waals surface area contributed by atoms with Gasteiger partial charge in [0.15, 0.2) is 6.10 Å². The van der Waals surface area contributed by atoms with E-state index in [4.69, 9.17) is 19.0 Å². The second kappa shape index (κ2) is 9.91. The number of rotatable bonds is 5. The van der Waals surface area contributed by atoms with Crippen molar-refractivity contribution in [2.45, 2.75) is 83.7 Å². The molecule has 34 heavy (non-hydrogen) atoms. The molecule has 1 amide bonds. The zero-order valence-corrected chi connectivity index (χ0v) is 21.9. The molecule has 1 fully saturated rings. The van der Waals surface area contributed by atoms with Gasteiger partial charge in [-0.15, -0.1) is 0 Å². The molecule has 5 atom stereocenters. The number of carbonyl (C=O) groups is 3. The van der Waals surface area contributed by atoms with Crippen molar-refractivity contribution >= 4 is 31.3 Å². The number of amides is 1. The largest absolute Gasteiger partial charge is 0.458 e. The summed E-state index contributed by atoms with van der Waals surface area (Å²) in [7, 11) is -2.10. The lowest BCUT2D eigenvalue weighted by Gasteiger charge is -2.39. The molecular weight excluding hydrogens is 454 g/mol. The lowest BCUT2D eigenvalue weighted by Crippen LogP contribution is -2.53. The molecule has 0 unspecified atom stereocenters. The Hall–Kier alpha value is -2.65. The molecule has 0 aromatic heterocycles. The fourth-order valence-electron chi connectivity index (χ4n) is 4.63. The van der Waals surface area contributed by atoms with E-state index in [9.17, 15) is 14.4 Å². The molecule has 0 spiro atoms. The van der Waals surface area contributed by atoms with Crippen LogP contribution in [0.5, 0.6) is 0 Å². The van der Waals surface area contributed by atoms with Crippen LogP contribution in [0.2, 0.25) is 19.1 Å². The van der Waals surface area contributed by atoms with E-state index >= 15 is 0 Å². The van der Waals surface area contributed by atoms with Crippen LogP contribution in [0.3, 0.4) is 0 Å². The summed E-state index contributed by atoms with van der Waals surface area (Å²) < 4.78 is 17.0. The molecule has 9 heteroatoms. The van der Waals surface area contributed by atoms with Crippen LogP contribution in [-0.4, -0.2) is 61.1 Å². The van der Waals surface area contributed by atoms with E-state index in [1.807, 2.05) is 24.3 Å². The third-order valence-corrected chi connectivity index (χ3v) is 9.38. The first-order valence-electron chi connectivity index (χ1n) is 11.6. The van der Waals surface area contributed by atoms with Crippen LogP contribution in [0, 0.1) is 5.92 Å². The van der Waals surface area contributed by atoms with Gasteiger partial charge < -0.3 is 14.2 Å². The van der Waals surface area contributed by atoms with Gasteiger partial charge in [-0.3, -0.25) is 14.4 Å². The summed E-state index contributed by atoms with van der Waals surface area (Å²) in [6.07, 6.45) is 0.505. The summed E-state index contributed by atoms with van der Waals surface area (Å²) in [6, 6.07) is 10.3. The van der Waals surface area contributed by atoms with E-state index < -0.39 is 56.1 Å². The molecule has 1 saturated heterocycles. The smallest absolute Gasteiger partial charge is 0.435 e. The van der Waals surface area contributed by atoms with Crippen molar-refractivity contribution in [1.82, 2.24) is 5.06 Å².